The smallest absolute Gasteiger partial charge is 0.261 e. The molecule has 0 spiro atoms. The minimum Gasteiger partial charge on any atom is -0.452 e. The van der Waals surface area contributed by atoms with Crippen LogP contribution in [0.4, 0.5) is 5.69 Å². The standard InChI is InChI=1S/C9H4N2O2/c1-3-6-8-5(9(12)11-6)4(2-10)7(3)13-8/h1H3,(H,11,12). The Balaban J connectivity index is 2.60. The van der Waals surface area contributed by atoms with Crippen LogP contribution in [0.15, 0.2) is 4.42 Å². The van der Waals surface area contributed by atoms with E-state index in [1.54, 1.807) is 0 Å². The lowest BCUT2D eigenvalue weighted by molar-refractivity contribution is 0.103. The van der Waals surface area contributed by atoms with Crippen molar-refractivity contribution in [2.45, 2.75) is 6.92 Å². The predicted octanol–water partition coefficient (Wildman–Crippen LogP) is 1.62. The molecule has 2 bridgehead atoms. The number of nitrogens with one attached hydrogen (secondary N) is 1. The van der Waals surface area contributed by atoms with Crippen molar-refractivity contribution in [2.24, 2.45) is 0 Å². The maximum Gasteiger partial charge on any atom is 0.261 e. The highest BCUT2D eigenvalue weighted by molar-refractivity contribution is 6.23. The van der Waals surface area contributed by atoms with Crippen LogP contribution in [0.2, 0.25) is 0 Å². The quantitative estimate of drug-likeness (QED) is 0.656. The number of hydrogen-bond acceptors (Lipinski definition) is 3. The number of aryl methyl sites for hydroxylation is 1. The number of nitriles is 1. The number of hydrogen-bond donors (Lipinski definition) is 1. The summed E-state index contributed by atoms with van der Waals surface area (Å²) in [7, 11) is 0. The molecule has 0 aromatic carbocycles. The van der Waals surface area contributed by atoms with E-state index in [0.29, 0.717) is 22.3 Å². The molecule has 0 saturated carbocycles. The molecule has 62 valence electrons. The van der Waals surface area contributed by atoms with Gasteiger partial charge in [0.1, 0.15) is 17.2 Å². The molecule has 3 heterocycles. The third-order valence-electron chi connectivity index (χ3n) is 2.43. The Bertz CT molecular complexity index is 574. The summed E-state index contributed by atoms with van der Waals surface area (Å²) in [5, 5.41) is 11.5. The maximum absolute atomic E-state index is 11.3. The summed E-state index contributed by atoms with van der Waals surface area (Å²) in [6, 6.07) is 1.99. The Morgan fingerprint density at radius 2 is 2.23 bits per heavy atom. The molecule has 0 saturated heterocycles. The van der Waals surface area contributed by atoms with E-state index in [0.717, 1.165) is 11.3 Å². The van der Waals surface area contributed by atoms with Crippen LogP contribution in [0.3, 0.4) is 0 Å². The van der Waals surface area contributed by atoms with Crippen LogP contribution in [-0.4, -0.2) is 5.91 Å². The van der Waals surface area contributed by atoms with E-state index in [1.165, 1.54) is 0 Å². The van der Waals surface area contributed by atoms with Gasteiger partial charge in [0, 0.05) is 5.56 Å². The Kier molecular flexibility index (Phi) is 0.832. The van der Waals surface area contributed by atoms with Gasteiger partial charge in [0.2, 0.25) is 0 Å². The SMILES string of the molecule is Cc1c2c3oc1c(C#N)c3C(=O)N2. The highest BCUT2D eigenvalue weighted by Gasteiger charge is 2.35. The van der Waals surface area contributed by atoms with E-state index in [4.69, 9.17) is 9.68 Å². The van der Waals surface area contributed by atoms with Crippen molar-refractivity contribution < 1.29 is 9.21 Å². The first-order chi connectivity index (χ1) is 6.24. The zero-order valence-electron chi connectivity index (χ0n) is 6.76. The molecule has 1 amide bonds. The summed E-state index contributed by atoms with van der Waals surface area (Å²) in [6.07, 6.45) is 0. The minimum atomic E-state index is -0.228. The van der Waals surface area contributed by atoms with Crippen LogP contribution in [0.25, 0.3) is 11.2 Å². The van der Waals surface area contributed by atoms with Gasteiger partial charge in [-0.05, 0) is 6.92 Å². The van der Waals surface area contributed by atoms with Crippen molar-refractivity contribution in [2.75, 3.05) is 5.32 Å². The molecule has 3 rings (SSSR count). The topological polar surface area (TPSA) is 66.0 Å². The highest BCUT2D eigenvalue weighted by atomic mass is 16.3. The van der Waals surface area contributed by atoms with Crippen molar-refractivity contribution in [1.29, 1.82) is 5.26 Å². The second kappa shape index (κ2) is 1.67. The molecular formula is C9H4N2O2. The van der Waals surface area contributed by atoms with E-state index in [9.17, 15) is 4.79 Å². The molecule has 4 heteroatoms. The lowest BCUT2D eigenvalue weighted by atomic mass is 10.1. The van der Waals surface area contributed by atoms with E-state index in [2.05, 4.69) is 5.32 Å². The number of furan rings is 2. The highest BCUT2D eigenvalue weighted by Crippen LogP contribution is 2.43. The molecule has 1 aliphatic rings. The molecule has 13 heavy (non-hydrogen) atoms. The Morgan fingerprint density at radius 3 is 2.92 bits per heavy atom. The zero-order chi connectivity index (χ0) is 9.16. The maximum atomic E-state index is 11.3. The van der Waals surface area contributed by atoms with Crippen molar-refractivity contribution in [3.05, 3.63) is 16.7 Å². The van der Waals surface area contributed by atoms with Crippen LogP contribution in [0, 0.1) is 18.3 Å². The first kappa shape index (κ1) is 6.49. The molecule has 0 radical (unpaired) electrons. The summed E-state index contributed by atoms with van der Waals surface area (Å²) in [6.45, 7) is 1.83. The third-order valence-corrected chi connectivity index (χ3v) is 2.43. The molecule has 0 unspecified atom stereocenters. The van der Waals surface area contributed by atoms with Gasteiger partial charge in [0.25, 0.3) is 5.91 Å². The van der Waals surface area contributed by atoms with Gasteiger partial charge in [0.05, 0.1) is 5.69 Å². The number of amides is 1. The Labute approximate surface area is 73.1 Å². The van der Waals surface area contributed by atoms with Crippen molar-refractivity contribution in [3.63, 3.8) is 0 Å². The summed E-state index contributed by atoms with van der Waals surface area (Å²) in [5.74, 6) is -0.228. The van der Waals surface area contributed by atoms with Gasteiger partial charge in [-0.3, -0.25) is 4.79 Å². The molecular weight excluding hydrogens is 168 g/mol. The first-order valence-corrected chi connectivity index (χ1v) is 3.84. The molecule has 1 aliphatic heterocycles. The number of nitrogens with zero attached hydrogens (tertiary/aromatic N) is 1. The van der Waals surface area contributed by atoms with Gasteiger partial charge in [-0.25, -0.2) is 0 Å². The molecule has 0 fully saturated rings. The van der Waals surface area contributed by atoms with Gasteiger partial charge < -0.3 is 9.73 Å². The van der Waals surface area contributed by atoms with Crippen LogP contribution in [0.5, 0.6) is 0 Å². The van der Waals surface area contributed by atoms with Crippen molar-refractivity contribution in [3.8, 4) is 6.07 Å². The fraction of sp³-hybridized carbons (Fsp3) is 0.111. The molecule has 1 N–H and O–H groups in total. The second-order valence-electron chi connectivity index (χ2n) is 3.08. The molecule has 4 nitrogen and oxygen atoms in total. The number of carbonyl (C=O) groups excluding carboxylic acids is 1. The van der Waals surface area contributed by atoms with Gasteiger partial charge >= 0.3 is 0 Å². The summed E-state index contributed by atoms with van der Waals surface area (Å²) < 4.78 is 5.32. The molecule has 2 aromatic rings. The van der Waals surface area contributed by atoms with Crippen LogP contribution >= 0.6 is 0 Å². The van der Waals surface area contributed by atoms with Gasteiger partial charge in [-0.1, -0.05) is 0 Å². The summed E-state index contributed by atoms with van der Waals surface area (Å²) in [5.41, 5.74) is 3.43. The van der Waals surface area contributed by atoms with E-state index in [1.807, 2.05) is 13.0 Å². The van der Waals surface area contributed by atoms with Crippen LogP contribution < -0.4 is 5.32 Å². The lowest BCUT2D eigenvalue weighted by Crippen LogP contribution is -2.04. The minimum absolute atomic E-state index is 0.228. The van der Waals surface area contributed by atoms with E-state index in [-0.39, 0.29) is 5.91 Å². The largest absolute Gasteiger partial charge is 0.452 e. The Hall–Kier alpha value is -2.02. The van der Waals surface area contributed by atoms with Crippen molar-refractivity contribution in [1.82, 2.24) is 0 Å². The normalized spacial score (nSPS) is 13.7. The number of anilines is 1. The van der Waals surface area contributed by atoms with Crippen LogP contribution in [0.1, 0.15) is 21.5 Å². The van der Waals surface area contributed by atoms with Gasteiger partial charge in [-0.2, -0.15) is 5.26 Å². The number of rotatable bonds is 0. The predicted molar refractivity (Wildman–Crippen MR) is 44.8 cm³/mol. The second-order valence-corrected chi connectivity index (χ2v) is 3.08. The number of benzene rings is 1. The summed E-state index contributed by atoms with van der Waals surface area (Å²) in [4.78, 5) is 11.3. The number of carbonyl (C=O) groups is 1. The monoisotopic (exact) mass is 172 g/mol. The van der Waals surface area contributed by atoms with Crippen molar-refractivity contribution >= 4 is 22.8 Å². The lowest BCUT2D eigenvalue weighted by Gasteiger charge is -1.89. The van der Waals surface area contributed by atoms with E-state index >= 15 is 0 Å². The van der Waals surface area contributed by atoms with E-state index < -0.39 is 0 Å². The van der Waals surface area contributed by atoms with Gasteiger partial charge in [0.15, 0.2) is 11.2 Å². The first-order valence-electron chi connectivity index (χ1n) is 3.84. The van der Waals surface area contributed by atoms with Gasteiger partial charge in [-0.15, -0.1) is 0 Å². The molecule has 2 aromatic heterocycles. The molecule has 0 aliphatic carbocycles. The summed E-state index contributed by atoms with van der Waals surface area (Å²) >= 11 is 0. The van der Waals surface area contributed by atoms with Crippen LogP contribution in [-0.2, 0) is 0 Å². The number of fused-ring (bicyclic) bond motifs is 1. The average molecular weight is 172 g/mol. The Morgan fingerprint density at radius 1 is 1.46 bits per heavy atom. The fourth-order valence-corrected chi connectivity index (χ4v) is 1.80. The fourth-order valence-electron chi connectivity index (χ4n) is 1.80. The third kappa shape index (κ3) is 0.491. The molecule has 0 atom stereocenters. The zero-order valence-corrected chi connectivity index (χ0v) is 6.76. The average Bonchev–Trinajstić information content (AvgIpc) is 2.68.